The Morgan fingerprint density at radius 3 is 1.66 bits per heavy atom. The molecule has 0 saturated heterocycles. The van der Waals surface area contributed by atoms with Crippen LogP contribution in [0.15, 0.2) is 205 Å². The van der Waals surface area contributed by atoms with Gasteiger partial charge in [0.2, 0.25) is 0 Å². The summed E-state index contributed by atoms with van der Waals surface area (Å²) < 4.78 is 12.1. The van der Waals surface area contributed by atoms with Gasteiger partial charge in [-0.1, -0.05) is 133 Å². The second-order valence-corrected chi connectivity index (χ2v) is 17.0. The van der Waals surface area contributed by atoms with Gasteiger partial charge in [-0.25, -0.2) is 0 Å². The maximum atomic E-state index is 7.01. The fraction of sp³-hybridized carbons (Fsp3) is 0. The van der Waals surface area contributed by atoms with Crippen LogP contribution in [0.5, 0.6) is 0 Å². The number of thiophene rings is 2. The molecule has 0 bridgehead atoms. The summed E-state index contributed by atoms with van der Waals surface area (Å²) in [6.45, 7) is 0. The molecule has 0 atom stereocenters. The van der Waals surface area contributed by atoms with Crippen molar-refractivity contribution in [2.24, 2.45) is 0 Å². The minimum atomic E-state index is 0.870. The fourth-order valence-electron chi connectivity index (χ4n) is 8.70. The average Bonchev–Trinajstić information content (AvgIpc) is 3.98. The van der Waals surface area contributed by atoms with Crippen molar-refractivity contribution >= 4 is 102 Å². The quantitative estimate of drug-likeness (QED) is 0.167. The molecule has 58 heavy (non-hydrogen) atoms. The van der Waals surface area contributed by atoms with Crippen LogP contribution >= 0.6 is 22.7 Å². The molecule has 0 unspecified atom stereocenters. The summed E-state index contributed by atoms with van der Waals surface area (Å²) in [5.74, 6) is 0. The van der Waals surface area contributed by atoms with Crippen LogP contribution in [0.4, 0.5) is 17.1 Å². The molecule has 0 saturated carbocycles. The summed E-state index contributed by atoms with van der Waals surface area (Å²) in [4.78, 5) is 2.45. The van der Waals surface area contributed by atoms with E-state index in [1.54, 1.807) is 0 Å². The molecule has 272 valence electrons. The third kappa shape index (κ3) is 5.37. The third-order valence-electron chi connectivity index (χ3n) is 11.5. The van der Waals surface area contributed by atoms with Gasteiger partial charge in [-0.2, -0.15) is 0 Å². The molecule has 12 rings (SSSR count). The van der Waals surface area contributed by atoms with Gasteiger partial charge in [-0.3, -0.25) is 0 Å². The summed E-state index contributed by atoms with van der Waals surface area (Å²) >= 11 is 3.71. The highest BCUT2D eigenvalue weighted by Gasteiger charge is 2.24. The van der Waals surface area contributed by atoms with Crippen LogP contribution in [0.1, 0.15) is 0 Å². The van der Waals surface area contributed by atoms with Crippen molar-refractivity contribution in [1.82, 2.24) is 0 Å². The van der Waals surface area contributed by atoms with Crippen LogP contribution in [-0.4, -0.2) is 0 Å². The zero-order chi connectivity index (χ0) is 38.2. The predicted octanol–water partition coefficient (Wildman–Crippen LogP) is 16.8. The van der Waals surface area contributed by atoms with E-state index in [1.165, 1.54) is 57.0 Å². The highest BCUT2D eigenvalue weighted by atomic mass is 32.1. The van der Waals surface area contributed by atoms with E-state index in [2.05, 4.69) is 205 Å². The van der Waals surface area contributed by atoms with Crippen molar-refractivity contribution < 1.29 is 4.42 Å². The number of rotatable bonds is 6. The van der Waals surface area contributed by atoms with Gasteiger partial charge in [0.15, 0.2) is 0 Å². The third-order valence-corrected chi connectivity index (χ3v) is 13.7. The van der Waals surface area contributed by atoms with E-state index in [0.29, 0.717) is 0 Å². The molecule has 0 spiro atoms. The maximum Gasteiger partial charge on any atom is 0.145 e. The second kappa shape index (κ2) is 13.3. The first-order valence-electron chi connectivity index (χ1n) is 19.6. The summed E-state index contributed by atoms with van der Waals surface area (Å²) in [5, 5.41) is 7.29. The number of anilines is 3. The lowest BCUT2D eigenvalue weighted by molar-refractivity contribution is 0.670. The maximum absolute atomic E-state index is 7.01. The number of fused-ring (bicyclic) bond motifs is 9. The summed E-state index contributed by atoms with van der Waals surface area (Å²) in [6.07, 6.45) is 0. The number of furan rings is 1. The molecule has 0 aliphatic carbocycles. The first-order chi connectivity index (χ1) is 28.7. The molecule has 3 aromatic heterocycles. The SMILES string of the molecule is c1ccc(-c2ccc3c(c2)oc2c(-c4ccccc4)ccc(N(c4ccc5c(c4)sc4ccccc45)c4ccc5sc6cc(-c7ccccc7)ccc6c5c4)c23)cc1. The van der Waals surface area contributed by atoms with Gasteiger partial charge < -0.3 is 9.32 Å². The zero-order valence-corrected chi connectivity index (χ0v) is 32.9. The molecule has 0 aliphatic heterocycles. The molecule has 0 fully saturated rings. The lowest BCUT2D eigenvalue weighted by Crippen LogP contribution is -2.10. The standard InChI is InChI=1S/C54H33NOS2/c1-4-12-34(13-5-1)37-21-25-45-48(30-37)56-54-41(36-16-8-3-9-17-36)27-28-47(53(45)54)55(40-22-26-43-42-18-10-11-19-49(42)57-52(43)33-40)39-23-29-50-46(32-39)44-24-20-38(31-51(44)58-50)35-14-6-2-7-15-35/h1-33H. The molecular weight excluding hydrogens is 743 g/mol. The van der Waals surface area contributed by atoms with Gasteiger partial charge in [0, 0.05) is 62.7 Å². The monoisotopic (exact) mass is 775 g/mol. The largest absolute Gasteiger partial charge is 0.455 e. The van der Waals surface area contributed by atoms with E-state index < -0.39 is 0 Å². The van der Waals surface area contributed by atoms with Gasteiger partial charge in [0.25, 0.3) is 0 Å². The Balaban J connectivity index is 1.12. The van der Waals surface area contributed by atoms with Crippen LogP contribution in [0, 0.1) is 0 Å². The number of hydrogen-bond acceptors (Lipinski definition) is 4. The van der Waals surface area contributed by atoms with Gasteiger partial charge in [0.1, 0.15) is 11.2 Å². The first kappa shape index (κ1) is 33.2. The van der Waals surface area contributed by atoms with Crippen molar-refractivity contribution in [3.05, 3.63) is 200 Å². The molecular formula is C54H33NOS2. The minimum Gasteiger partial charge on any atom is -0.455 e. The van der Waals surface area contributed by atoms with Gasteiger partial charge >= 0.3 is 0 Å². The molecule has 12 aromatic rings. The Bertz CT molecular complexity index is 3510. The molecule has 4 heteroatoms. The Kier molecular flexibility index (Phi) is 7.62. The lowest BCUT2D eigenvalue weighted by Gasteiger charge is -2.27. The normalized spacial score (nSPS) is 11.8. The summed E-state index contributed by atoms with van der Waals surface area (Å²) in [7, 11) is 0. The van der Waals surface area contributed by atoms with E-state index in [-0.39, 0.29) is 0 Å². The van der Waals surface area contributed by atoms with Crippen molar-refractivity contribution in [2.45, 2.75) is 0 Å². The Morgan fingerprint density at radius 2 is 0.897 bits per heavy atom. The molecule has 0 N–H and O–H groups in total. The predicted molar refractivity (Wildman–Crippen MR) is 250 cm³/mol. The molecule has 0 radical (unpaired) electrons. The minimum absolute atomic E-state index is 0.870. The van der Waals surface area contributed by atoms with Gasteiger partial charge in [-0.05, 0) is 94.5 Å². The molecule has 9 aromatic carbocycles. The van der Waals surface area contributed by atoms with Crippen LogP contribution in [0.25, 0.3) is 95.7 Å². The summed E-state index contributed by atoms with van der Waals surface area (Å²) in [5.41, 5.74) is 12.0. The Hall–Kier alpha value is -6.98. The average molecular weight is 776 g/mol. The van der Waals surface area contributed by atoms with E-state index >= 15 is 0 Å². The highest BCUT2D eigenvalue weighted by molar-refractivity contribution is 7.26. The molecule has 0 amide bonds. The topological polar surface area (TPSA) is 16.4 Å². The van der Waals surface area contributed by atoms with Crippen molar-refractivity contribution in [3.63, 3.8) is 0 Å². The first-order valence-corrected chi connectivity index (χ1v) is 21.2. The number of hydrogen-bond donors (Lipinski definition) is 0. The van der Waals surface area contributed by atoms with E-state index in [4.69, 9.17) is 4.42 Å². The van der Waals surface area contributed by atoms with Crippen molar-refractivity contribution in [3.8, 4) is 33.4 Å². The van der Waals surface area contributed by atoms with Crippen LogP contribution in [-0.2, 0) is 0 Å². The molecule has 2 nitrogen and oxygen atoms in total. The lowest BCUT2D eigenvalue weighted by atomic mass is 9.98. The van der Waals surface area contributed by atoms with E-state index in [0.717, 1.165) is 55.7 Å². The van der Waals surface area contributed by atoms with Gasteiger partial charge in [-0.15, -0.1) is 22.7 Å². The van der Waals surface area contributed by atoms with Crippen LogP contribution in [0.3, 0.4) is 0 Å². The van der Waals surface area contributed by atoms with Crippen molar-refractivity contribution in [1.29, 1.82) is 0 Å². The second-order valence-electron chi connectivity index (χ2n) is 14.9. The molecule has 3 heterocycles. The number of benzene rings is 9. The molecule has 0 aliphatic rings. The number of nitrogens with zero attached hydrogens (tertiary/aromatic N) is 1. The summed E-state index contributed by atoms with van der Waals surface area (Å²) in [6, 6.07) is 72.6. The van der Waals surface area contributed by atoms with Crippen LogP contribution in [0.2, 0.25) is 0 Å². The zero-order valence-electron chi connectivity index (χ0n) is 31.2. The Morgan fingerprint density at radius 1 is 0.345 bits per heavy atom. The van der Waals surface area contributed by atoms with Gasteiger partial charge in [0.05, 0.1) is 11.1 Å². The van der Waals surface area contributed by atoms with Crippen molar-refractivity contribution in [2.75, 3.05) is 4.90 Å². The highest BCUT2D eigenvalue weighted by Crippen LogP contribution is 2.49. The van der Waals surface area contributed by atoms with E-state index in [9.17, 15) is 0 Å². The van der Waals surface area contributed by atoms with Crippen LogP contribution < -0.4 is 4.90 Å². The smallest absolute Gasteiger partial charge is 0.145 e. The van der Waals surface area contributed by atoms with E-state index in [1.807, 2.05) is 22.7 Å². The fourth-order valence-corrected chi connectivity index (χ4v) is 11.0. The Labute approximate surface area is 343 Å².